The molecule has 0 aliphatic carbocycles. The van der Waals surface area contributed by atoms with Gasteiger partial charge in [-0.3, -0.25) is 4.79 Å². The number of nitrogens with two attached hydrogens (primary N) is 1. The highest BCUT2D eigenvalue weighted by atomic mass is 35.5. The van der Waals surface area contributed by atoms with Gasteiger partial charge in [-0.2, -0.15) is 0 Å². The van der Waals surface area contributed by atoms with Crippen molar-refractivity contribution in [1.29, 1.82) is 0 Å². The van der Waals surface area contributed by atoms with Crippen molar-refractivity contribution in [3.8, 4) is 0 Å². The first kappa shape index (κ1) is 13.3. The van der Waals surface area contributed by atoms with Crippen molar-refractivity contribution in [2.75, 3.05) is 7.11 Å². The Morgan fingerprint density at radius 2 is 1.82 bits per heavy atom. The van der Waals surface area contributed by atoms with Crippen LogP contribution in [0.2, 0.25) is 0 Å². The molecule has 1 atom stereocenters. The molecule has 0 saturated carbocycles. The van der Waals surface area contributed by atoms with E-state index < -0.39 is 6.04 Å². The van der Waals surface area contributed by atoms with E-state index in [-0.39, 0.29) is 23.8 Å². The van der Waals surface area contributed by atoms with Crippen LogP contribution in [0.4, 0.5) is 0 Å². The predicted octanol–water partition coefficient (Wildman–Crippen LogP) is 0.955. The van der Waals surface area contributed by atoms with Crippen LogP contribution in [0.3, 0.4) is 0 Å². The van der Waals surface area contributed by atoms with Gasteiger partial charge in [0.15, 0.2) is 0 Å². The summed E-state index contributed by atoms with van der Waals surface area (Å²) in [4.78, 5) is 10.8. The lowest BCUT2D eigenvalue weighted by Gasteiger charge is -2.23. The zero-order valence-corrected chi connectivity index (χ0v) is 8.20. The van der Waals surface area contributed by atoms with Crippen LogP contribution in [0.25, 0.3) is 0 Å². The minimum atomic E-state index is -0.530. The van der Waals surface area contributed by atoms with Crippen molar-refractivity contribution in [3.63, 3.8) is 0 Å². The topological polar surface area (TPSA) is 52.3 Å². The molecule has 0 fully saturated rings. The van der Waals surface area contributed by atoms with Gasteiger partial charge >= 0.3 is 5.97 Å². The SMILES string of the molecule is COC(=O)C(N)C(C)(C)C.Cl. The second-order valence-corrected chi connectivity index (χ2v) is 3.37. The van der Waals surface area contributed by atoms with E-state index in [1.54, 1.807) is 0 Å². The average Bonchev–Trinajstić information content (AvgIpc) is 1.83. The van der Waals surface area contributed by atoms with Crippen molar-refractivity contribution >= 4 is 18.4 Å². The van der Waals surface area contributed by atoms with Crippen molar-refractivity contribution in [2.45, 2.75) is 26.8 Å². The van der Waals surface area contributed by atoms with E-state index in [9.17, 15) is 4.79 Å². The second-order valence-electron chi connectivity index (χ2n) is 3.37. The lowest BCUT2D eigenvalue weighted by molar-refractivity contribution is -0.144. The Labute approximate surface area is 73.7 Å². The van der Waals surface area contributed by atoms with Crippen LogP contribution in [0.1, 0.15) is 20.8 Å². The molecule has 4 heteroatoms. The van der Waals surface area contributed by atoms with Gasteiger partial charge in [-0.15, -0.1) is 12.4 Å². The number of esters is 1. The number of hydrogen-bond donors (Lipinski definition) is 1. The first-order valence-electron chi connectivity index (χ1n) is 3.23. The molecule has 0 aliphatic heterocycles. The van der Waals surface area contributed by atoms with E-state index >= 15 is 0 Å². The third-order valence-electron chi connectivity index (χ3n) is 1.39. The van der Waals surface area contributed by atoms with Gasteiger partial charge in [-0.1, -0.05) is 20.8 Å². The minimum absolute atomic E-state index is 0. The fourth-order valence-corrected chi connectivity index (χ4v) is 0.481. The maximum atomic E-state index is 10.8. The van der Waals surface area contributed by atoms with Crippen LogP contribution >= 0.6 is 12.4 Å². The Morgan fingerprint density at radius 1 is 1.45 bits per heavy atom. The molecule has 0 aromatic carbocycles. The maximum absolute atomic E-state index is 10.8. The second kappa shape index (κ2) is 4.57. The molecule has 0 spiro atoms. The number of ether oxygens (including phenoxy) is 1. The first-order valence-corrected chi connectivity index (χ1v) is 3.23. The summed E-state index contributed by atoms with van der Waals surface area (Å²) in [7, 11) is 1.34. The van der Waals surface area contributed by atoms with Gasteiger partial charge in [-0.25, -0.2) is 0 Å². The highest BCUT2D eigenvalue weighted by Gasteiger charge is 2.27. The van der Waals surface area contributed by atoms with Gasteiger partial charge in [0.05, 0.1) is 7.11 Å². The summed E-state index contributed by atoms with van der Waals surface area (Å²) in [5, 5.41) is 0. The van der Waals surface area contributed by atoms with Crippen LogP contribution in [0.15, 0.2) is 0 Å². The van der Waals surface area contributed by atoms with Gasteiger partial charge in [0.25, 0.3) is 0 Å². The molecule has 11 heavy (non-hydrogen) atoms. The summed E-state index contributed by atoms with van der Waals surface area (Å²) in [6.45, 7) is 5.69. The summed E-state index contributed by atoms with van der Waals surface area (Å²) in [5.74, 6) is -0.354. The molecule has 2 N–H and O–H groups in total. The fourth-order valence-electron chi connectivity index (χ4n) is 0.481. The third-order valence-corrected chi connectivity index (χ3v) is 1.39. The number of methoxy groups -OCH3 is 1. The molecular formula is C7H16ClNO2. The van der Waals surface area contributed by atoms with E-state index in [0.29, 0.717) is 0 Å². The van der Waals surface area contributed by atoms with Gasteiger partial charge in [-0.05, 0) is 5.41 Å². The largest absolute Gasteiger partial charge is 0.468 e. The average molecular weight is 182 g/mol. The minimum Gasteiger partial charge on any atom is -0.468 e. The van der Waals surface area contributed by atoms with Crippen LogP contribution in [0, 0.1) is 5.41 Å². The number of halogens is 1. The molecule has 0 saturated heterocycles. The van der Waals surface area contributed by atoms with E-state index in [1.165, 1.54) is 7.11 Å². The van der Waals surface area contributed by atoms with Crippen LogP contribution in [0.5, 0.6) is 0 Å². The Balaban J connectivity index is 0. The van der Waals surface area contributed by atoms with Crippen LogP contribution in [-0.2, 0) is 9.53 Å². The van der Waals surface area contributed by atoms with Crippen LogP contribution in [-0.4, -0.2) is 19.1 Å². The number of carbonyl (C=O) groups excluding carboxylic acids is 1. The molecule has 0 radical (unpaired) electrons. The third kappa shape index (κ3) is 4.22. The van der Waals surface area contributed by atoms with Crippen LogP contribution < -0.4 is 5.73 Å². The summed E-state index contributed by atoms with van der Waals surface area (Å²) in [6, 6.07) is -0.530. The maximum Gasteiger partial charge on any atom is 0.323 e. The molecule has 0 rings (SSSR count). The predicted molar refractivity (Wildman–Crippen MR) is 46.7 cm³/mol. The fraction of sp³-hybridized carbons (Fsp3) is 0.857. The van der Waals surface area contributed by atoms with Gasteiger partial charge < -0.3 is 10.5 Å². The molecule has 68 valence electrons. The smallest absolute Gasteiger partial charge is 0.323 e. The quantitative estimate of drug-likeness (QED) is 0.613. The number of hydrogen-bond acceptors (Lipinski definition) is 3. The molecular weight excluding hydrogens is 166 g/mol. The monoisotopic (exact) mass is 181 g/mol. The normalized spacial score (nSPS) is 13.2. The molecule has 0 bridgehead atoms. The molecule has 0 aliphatic rings. The number of rotatable bonds is 1. The summed E-state index contributed by atoms with van der Waals surface area (Å²) in [6.07, 6.45) is 0. The standard InChI is InChI=1S/C7H15NO2.ClH/c1-7(2,3)5(8)6(9)10-4;/h5H,8H2,1-4H3;1H. The van der Waals surface area contributed by atoms with E-state index in [0.717, 1.165) is 0 Å². The van der Waals surface area contributed by atoms with Crippen molar-refractivity contribution in [2.24, 2.45) is 11.1 Å². The van der Waals surface area contributed by atoms with E-state index in [2.05, 4.69) is 4.74 Å². The van der Waals surface area contributed by atoms with Gasteiger partial charge in [0.1, 0.15) is 6.04 Å². The molecule has 0 heterocycles. The summed E-state index contributed by atoms with van der Waals surface area (Å²) in [5.41, 5.74) is 5.32. The van der Waals surface area contributed by atoms with Gasteiger partial charge in [0.2, 0.25) is 0 Å². The Bertz CT molecular complexity index is 131. The lowest BCUT2D eigenvalue weighted by atomic mass is 9.88. The van der Waals surface area contributed by atoms with E-state index in [4.69, 9.17) is 5.73 Å². The zero-order chi connectivity index (χ0) is 8.36. The van der Waals surface area contributed by atoms with Gasteiger partial charge in [0, 0.05) is 0 Å². The lowest BCUT2D eigenvalue weighted by Crippen LogP contribution is -2.42. The summed E-state index contributed by atoms with van der Waals surface area (Å²) >= 11 is 0. The molecule has 1 unspecified atom stereocenters. The summed E-state index contributed by atoms with van der Waals surface area (Å²) < 4.78 is 4.47. The van der Waals surface area contributed by atoms with Crippen molar-refractivity contribution in [3.05, 3.63) is 0 Å². The highest BCUT2D eigenvalue weighted by Crippen LogP contribution is 2.17. The number of carbonyl (C=O) groups is 1. The zero-order valence-electron chi connectivity index (χ0n) is 7.38. The van der Waals surface area contributed by atoms with E-state index in [1.807, 2.05) is 20.8 Å². The molecule has 0 aromatic heterocycles. The Kier molecular flexibility index (Phi) is 5.53. The van der Waals surface area contributed by atoms with Crippen molar-refractivity contribution < 1.29 is 9.53 Å². The van der Waals surface area contributed by atoms with Crippen molar-refractivity contribution in [1.82, 2.24) is 0 Å². The molecule has 0 aromatic rings. The molecule has 0 amide bonds. The Morgan fingerprint density at radius 3 is 1.91 bits per heavy atom. The Hall–Kier alpha value is -0.280. The molecule has 3 nitrogen and oxygen atoms in total. The first-order chi connectivity index (χ1) is 4.39. The highest BCUT2D eigenvalue weighted by molar-refractivity contribution is 5.85.